The zero-order chi connectivity index (χ0) is 17.4. The highest BCUT2D eigenvalue weighted by Crippen LogP contribution is 2.26. The van der Waals surface area contributed by atoms with Crippen LogP contribution in [0.2, 0.25) is 0 Å². The van der Waals surface area contributed by atoms with E-state index in [0.717, 1.165) is 13.0 Å². The molecule has 0 bridgehead atoms. The Kier molecular flexibility index (Phi) is 7.37. The summed E-state index contributed by atoms with van der Waals surface area (Å²) in [5.74, 6) is 1.51. The molecule has 1 aliphatic rings. The fourth-order valence-electron chi connectivity index (χ4n) is 3.13. The lowest BCUT2D eigenvalue weighted by atomic mass is 9.98. The van der Waals surface area contributed by atoms with E-state index in [1.165, 1.54) is 19.3 Å². The SMILES string of the molecule is COc1ccccc1OC(C)CNC(=O)CCC1CCCCN1C. The number of rotatable bonds is 8. The zero-order valence-electron chi connectivity index (χ0n) is 15.1. The Balaban J connectivity index is 1.69. The van der Waals surface area contributed by atoms with Crippen LogP contribution in [-0.4, -0.2) is 50.2 Å². The summed E-state index contributed by atoms with van der Waals surface area (Å²) in [4.78, 5) is 14.4. The van der Waals surface area contributed by atoms with Crippen molar-refractivity contribution < 1.29 is 14.3 Å². The van der Waals surface area contributed by atoms with Gasteiger partial charge in [-0.3, -0.25) is 4.79 Å². The number of hydrogen-bond acceptors (Lipinski definition) is 4. The van der Waals surface area contributed by atoms with Crippen molar-refractivity contribution in [2.24, 2.45) is 0 Å². The number of likely N-dealkylation sites (tertiary alicyclic amines) is 1. The standard InChI is InChI=1S/C19H30N2O3/c1-15(24-18-10-5-4-9-17(18)23-3)14-20-19(22)12-11-16-8-6-7-13-21(16)2/h4-5,9-10,15-16H,6-8,11-14H2,1-3H3,(H,20,22). The van der Waals surface area contributed by atoms with Gasteiger partial charge in [0.25, 0.3) is 0 Å². The van der Waals surface area contributed by atoms with Gasteiger partial charge >= 0.3 is 0 Å². The number of nitrogens with zero attached hydrogens (tertiary/aromatic N) is 1. The van der Waals surface area contributed by atoms with Gasteiger partial charge in [0.1, 0.15) is 6.10 Å². The number of nitrogens with one attached hydrogen (secondary N) is 1. The summed E-state index contributed by atoms with van der Waals surface area (Å²) in [5, 5.41) is 2.97. The molecule has 2 unspecified atom stereocenters. The van der Waals surface area contributed by atoms with Gasteiger partial charge in [-0.15, -0.1) is 0 Å². The number of para-hydroxylation sites is 2. The number of amides is 1. The molecule has 0 aliphatic carbocycles. The van der Waals surface area contributed by atoms with Gasteiger partial charge in [-0.1, -0.05) is 18.6 Å². The maximum absolute atomic E-state index is 12.1. The molecule has 1 aliphatic heterocycles. The molecule has 1 amide bonds. The van der Waals surface area contributed by atoms with Crippen molar-refractivity contribution in [3.63, 3.8) is 0 Å². The predicted molar refractivity (Wildman–Crippen MR) is 95.6 cm³/mol. The van der Waals surface area contributed by atoms with Crippen molar-refractivity contribution in [3.8, 4) is 11.5 Å². The highest BCUT2D eigenvalue weighted by atomic mass is 16.5. The number of ether oxygens (including phenoxy) is 2. The molecule has 0 aromatic heterocycles. The number of piperidine rings is 1. The summed E-state index contributed by atoms with van der Waals surface area (Å²) < 4.78 is 11.1. The molecule has 2 atom stereocenters. The van der Waals surface area contributed by atoms with Gasteiger partial charge in [0.05, 0.1) is 13.7 Å². The average Bonchev–Trinajstić information content (AvgIpc) is 2.59. The molecular formula is C19H30N2O3. The van der Waals surface area contributed by atoms with Crippen LogP contribution in [0.15, 0.2) is 24.3 Å². The highest BCUT2D eigenvalue weighted by molar-refractivity contribution is 5.75. The number of hydrogen-bond donors (Lipinski definition) is 1. The summed E-state index contributed by atoms with van der Waals surface area (Å²) in [6.45, 7) is 3.59. The summed E-state index contributed by atoms with van der Waals surface area (Å²) in [6.07, 6.45) is 5.16. The molecule has 134 valence electrons. The van der Waals surface area contributed by atoms with Crippen LogP contribution in [0, 0.1) is 0 Å². The first kappa shape index (κ1) is 18.6. The Morgan fingerprint density at radius 1 is 1.33 bits per heavy atom. The summed E-state index contributed by atoms with van der Waals surface area (Å²) >= 11 is 0. The van der Waals surface area contributed by atoms with Crippen LogP contribution in [0.1, 0.15) is 39.0 Å². The second-order valence-corrected chi connectivity index (χ2v) is 6.55. The van der Waals surface area contributed by atoms with E-state index in [2.05, 4.69) is 17.3 Å². The molecule has 1 fully saturated rings. The Labute approximate surface area is 145 Å². The Hall–Kier alpha value is -1.75. The van der Waals surface area contributed by atoms with Crippen molar-refractivity contribution in [3.05, 3.63) is 24.3 Å². The van der Waals surface area contributed by atoms with Crippen LogP contribution in [-0.2, 0) is 4.79 Å². The molecule has 2 rings (SSSR count). The maximum atomic E-state index is 12.1. The van der Waals surface area contributed by atoms with E-state index in [-0.39, 0.29) is 12.0 Å². The molecule has 5 heteroatoms. The molecule has 1 N–H and O–H groups in total. The summed E-state index contributed by atoms with van der Waals surface area (Å²) in [7, 11) is 3.78. The largest absolute Gasteiger partial charge is 0.493 e. The molecule has 1 heterocycles. The van der Waals surface area contributed by atoms with Crippen LogP contribution in [0.5, 0.6) is 11.5 Å². The van der Waals surface area contributed by atoms with Crippen LogP contribution < -0.4 is 14.8 Å². The first-order valence-corrected chi connectivity index (χ1v) is 8.86. The van der Waals surface area contributed by atoms with E-state index in [0.29, 0.717) is 30.5 Å². The Morgan fingerprint density at radius 3 is 2.79 bits per heavy atom. The number of methoxy groups -OCH3 is 1. The van der Waals surface area contributed by atoms with Crippen molar-refractivity contribution in [1.82, 2.24) is 10.2 Å². The Bertz CT molecular complexity index is 521. The molecule has 0 spiro atoms. The minimum atomic E-state index is -0.109. The molecule has 24 heavy (non-hydrogen) atoms. The predicted octanol–water partition coefficient (Wildman–Crippen LogP) is 2.84. The van der Waals surface area contributed by atoms with Gasteiger partial charge in [-0.05, 0) is 51.9 Å². The molecule has 1 aromatic carbocycles. The van der Waals surface area contributed by atoms with Gasteiger partial charge in [-0.25, -0.2) is 0 Å². The molecule has 5 nitrogen and oxygen atoms in total. The van der Waals surface area contributed by atoms with Gasteiger partial charge in [-0.2, -0.15) is 0 Å². The van der Waals surface area contributed by atoms with E-state index >= 15 is 0 Å². The molecule has 1 aromatic rings. The van der Waals surface area contributed by atoms with Gasteiger partial charge in [0, 0.05) is 12.5 Å². The quantitative estimate of drug-likeness (QED) is 0.794. The smallest absolute Gasteiger partial charge is 0.220 e. The van der Waals surface area contributed by atoms with E-state index in [9.17, 15) is 4.79 Å². The first-order chi connectivity index (χ1) is 11.6. The first-order valence-electron chi connectivity index (χ1n) is 8.86. The minimum Gasteiger partial charge on any atom is -0.493 e. The second kappa shape index (κ2) is 9.52. The van der Waals surface area contributed by atoms with Gasteiger partial charge in [0.2, 0.25) is 5.91 Å². The lowest BCUT2D eigenvalue weighted by molar-refractivity contribution is -0.121. The lowest BCUT2D eigenvalue weighted by Crippen LogP contribution is -2.38. The normalized spacial score (nSPS) is 19.5. The third kappa shape index (κ3) is 5.71. The molecule has 1 saturated heterocycles. The fourth-order valence-corrected chi connectivity index (χ4v) is 3.13. The zero-order valence-corrected chi connectivity index (χ0v) is 15.1. The monoisotopic (exact) mass is 334 g/mol. The topological polar surface area (TPSA) is 50.8 Å². The third-order valence-electron chi connectivity index (χ3n) is 4.61. The van der Waals surface area contributed by atoms with Crippen molar-refractivity contribution in [2.45, 2.75) is 51.2 Å². The van der Waals surface area contributed by atoms with E-state index < -0.39 is 0 Å². The van der Waals surface area contributed by atoms with E-state index in [1.54, 1.807) is 7.11 Å². The summed E-state index contributed by atoms with van der Waals surface area (Å²) in [5.41, 5.74) is 0. The van der Waals surface area contributed by atoms with Crippen LogP contribution in [0.25, 0.3) is 0 Å². The fraction of sp³-hybridized carbons (Fsp3) is 0.632. The maximum Gasteiger partial charge on any atom is 0.220 e. The van der Waals surface area contributed by atoms with Crippen molar-refractivity contribution >= 4 is 5.91 Å². The lowest BCUT2D eigenvalue weighted by Gasteiger charge is -2.32. The van der Waals surface area contributed by atoms with Crippen LogP contribution in [0.3, 0.4) is 0 Å². The number of benzene rings is 1. The summed E-state index contributed by atoms with van der Waals surface area (Å²) in [6, 6.07) is 8.09. The van der Waals surface area contributed by atoms with Gasteiger partial charge < -0.3 is 19.7 Å². The van der Waals surface area contributed by atoms with Crippen molar-refractivity contribution in [1.29, 1.82) is 0 Å². The third-order valence-corrected chi connectivity index (χ3v) is 4.61. The Morgan fingerprint density at radius 2 is 2.08 bits per heavy atom. The molecule has 0 radical (unpaired) electrons. The number of carbonyl (C=O) groups excluding carboxylic acids is 1. The van der Waals surface area contributed by atoms with Crippen LogP contribution >= 0.6 is 0 Å². The second-order valence-electron chi connectivity index (χ2n) is 6.55. The van der Waals surface area contributed by atoms with E-state index in [4.69, 9.17) is 9.47 Å². The average molecular weight is 334 g/mol. The van der Waals surface area contributed by atoms with Crippen LogP contribution in [0.4, 0.5) is 0 Å². The highest BCUT2D eigenvalue weighted by Gasteiger charge is 2.19. The minimum absolute atomic E-state index is 0.101. The van der Waals surface area contributed by atoms with Crippen molar-refractivity contribution in [2.75, 3.05) is 27.2 Å². The van der Waals surface area contributed by atoms with E-state index in [1.807, 2.05) is 31.2 Å². The number of carbonyl (C=O) groups is 1. The molecule has 0 saturated carbocycles. The van der Waals surface area contributed by atoms with Gasteiger partial charge in [0.15, 0.2) is 11.5 Å². The molecular weight excluding hydrogens is 304 g/mol.